The van der Waals surface area contributed by atoms with Gasteiger partial charge in [0.2, 0.25) is 0 Å². The van der Waals surface area contributed by atoms with Gasteiger partial charge >= 0.3 is 0 Å². The molecule has 1 heterocycles. The molecule has 0 aliphatic carbocycles. The summed E-state index contributed by atoms with van der Waals surface area (Å²) < 4.78 is 5.75. The predicted molar refractivity (Wildman–Crippen MR) is 82.6 cm³/mol. The normalized spacial score (nSPS) is 16.7. The number of hydrogen-bond donors (Lipinski definition) is 1. The standard InChI is InChI=1S/C18H19NO2/c1-13-6-2-4-8-16(13)18(20)19-11-14-10-15-7-3-5-9-17(15)21-12-14/h2-9,14H,10-12H2,1H3,(H,19,20). The summed E-state index contributed by atoms with van der Waals surface area (Å²) in [5, 5.41) is 3.02. The summed E-state index contributed by atoms with van der Waals surface area (Å²) in [6.07, 6.45) is 0.949. The van der Waals surface area contributed by atoms with E-state index in [2.05, 4.69) is 11.4 Å². The van der Waals surface area contributed by atoms with Gasteiger partial charge in [-0.15, -0.1) is 0 Å². The van der Waals surface area contributed by atoms with Gasteiger partial charge < -0.3 is 10.1 Å². The maximum Gasteiger partial charge on any atom is 0.251 e. The Morgan fingerprint density at radius 1 is 1.19 bits per heavy atom. The summed E-state index contributed by atoms with van der Waals surface area (Å²) >= 11 is 0. The second-order valence-electron chi connectivity index (χ2n) is 5.51. The van der Waals surface area contributed by atoms with Crippen LogP contribution < -0.4 is 10.1 Å². The second kappa shape index (κ2) is 6.00. The zero-order chi connectivity index (χ0) is 14.7. The fraction of sp³-hybridized carbons (Fsp3) is 0.278. The van der Waals surface area contributed by atoms with Gasteiger partial charge in [0.1, 0.15) is 5.75 Å². The minimum absolute atomic E-state index is 0.00745. The van der Waals surface area contributed by atoms with Crippen molar-refractivity contribution >= 4 is 5.91 Å². The lowest BCUT2D eigenvalue weighted by molar-refractivity contribution is 0.0938. The third kappa shape index (κ3) is 3.07. The van der Waals surface area contributed by atoms with Gasteiger partial charge in [-0.05, 0) is 36.6 Å². The Morgan fingerprint density at radius 3 is 2.81 bits per heavy atom. The topological polar surface area (TPSA) is 38.3 Å². The molecule has 3 nitrogen and oxygen atoms in total. The van der Waals surface area contributed by atoms with Crippen LogP contribution in [0.25, 0.3) is 0 Å². The van der Waals surface area contributed by atoms with Gasteiger partial charge in [0, 0.05) is 18.0 Å². The van der Waals surface area contributed by atoms with Crippen molar-refractivity contribution in [3.63, 3.8) is 0 Å². The lowest BCUT2D eigenvalue weighted by Crippen LogP contribution is -2.35. The number of aryl methyl sites for hydroxylation is 1. The molecular formula is C18H19NO2. The second-order valence-corrected chi connectivity index (χ2v) is 5.51. The number of amides is 1. The first-order chi connectivity index (χ1) is 10.2. The SMILES string of the molecule is Cc1ccccc1C(=O)NCC1COc2ccccc2C1. The van der Waals surface area contributed by atoms with E-state index >= 15 is 0 Å². The number of rotatable bonds is 3. The number of carbonyl (C=O) groups is 1. The van der Waals surface area contributed by atoms with Crippen molar-refractivity contribution in [1.29, 1.82) is 0 Å². The number of ether oxygens (including phenoxy) is 1. The quantitative estimate of drug-likeness (QED) is 0.939. The van der Waals surface area contributed by atoms with Gasteiger partial charge in [-0.1, -0.05) is 36.4 Å². The predicted octanol–water partition coefficient (Wildman–Crippen LogP) is 2.98. The van der Waals surface area contributed by atoms with Crippen LogP contribution in [0.4, 0.5) is 0 Å². The monoisotopic (exact) mass is 281 g/mol. The van der Waals surface area contributed by atoms with Crippen molar-refractivity contribution in [2.24, 2.45) is 5.92 Å². The molecule has 2 aromatic rings. The highest BCUT2D eigenvalue weighted by Gasteiger charge is 2.20. The summed E-state index contributed by atoms with van der Waals surface area (Å²) in [4.78, 5) is 12.2. The molecule has 1 amide bonds. The maximum atomic E-state index is 12.2. The first kappa shape index (κ1) is 13.7. The Labute approximate surface area is 124 Å². The third-order valence-electron chi connectivity index (χ3n) is 3.90. The molecule has 108 valence electrons. The summed E-state index contributed by atoms with van der Waals surface area (Å²) in [5.41, 5.74) is 2.97. The number of benzene rings is 2. The van der Waals surface area contributed by atoms with Crippen LogP contribution in [-0.2, 0) is 6.42 Å². The Morgan fingerprint density at radius 2 is 1.95 bits per heavy atom. The van der Waals surface area contributed by atoms with E-state index in [-0.39, 0.29) is 5.91 Å². The van der Waals surface area contributed by atoms with E-state index in [0.717, 1.165) is 23.3 Å². The molecule has 0 bridgehead atoms. The minimum atomic E-state index is -0.00745. The van der Waals surface area contributed by atoms with Gasteiger partial charge in [-0.2, -0.15) is 0 Å². The van der Waals surface area contributed by atoms with Crippen LogP contribution in [0.1, 0.15) is 21.5 Å². The van der Waals surface area contributed by atoms with Crippen molar-refractivity contribution in [3.05, 3.63) is 65.2 Å². The largest absolute Gasteiger partial charge is 0.493 e. The zero-order valence-corrected chi connectivity index (χ0v) is 12.1. The van der Waals surface area contributed by atoms with Crippen LogP contribution in [0.2, 0.25) is 0 Å². The fourth-order valence-electron chi connectivity index (χ4n) is 2.68. The molecule has 0 spiro atoms. The fourth-order valence-corrected chi connectivity index (χ4v) is 2.68. The summed E-state index contributed by atoms with van der Waals surface area (Å²) in [5.74, 6) is 1.29. The lowest BCUT2D eigenvalue weighted by Gasteiger charge is -2.25. The highest BCUT2D eigenvalue weighted by atomic mass is 16.5. The van der Waals surface area contributed by atoms with Crippen LogP contribution in [-0.4, -0.2) is 19.1 Å². The molecule has 1 unspecified atom stereocenters. The summed E-state index contributed by atoms with van der Waals surface area (Å²) in [6.45, 7) is 3.25. The van der Waals surface area contributed by atoms with E-state index in [1.165, 1.54) is 5.56 Å². The van der Waals surface area contributed by atoms with E-state index in [4.69, 9.17) is 4.74 Å². The average Bonchev–Trinajstić information content (AvgIpc) is 2.53. The molecule has 21 heavy (non-hydrogen) atoms. The van der Waals surface area contributed by atoms with Crippen molar-refractivity contribution in [3.8, 4) is 5.75 Å². The molecule has 3 rings (SSSR count). The lowest BCUT2D eigenvalue weighted by atomic mass is 9.96. The Balaban J connectivity index is 1.59. The average molecular weight is 281 g/mol. The molecular weight excluding hydrogens is 262 g/mol. The highest BCUT2D eigenvalue weighted by molar-refractivity contribution is 5.95. The van der Waals surface area contributed by atoms with E-state index in [1.54, 1.807) is 0 Å². The van der Waals surface area contributed by atoms with Gasteiger partial charge in [-0.3, -0.25) is 4.79 Å². The molecule has 0 aromatic heterocycles. The molecule has 0 radical (unpaired) electrons. The van der Waals surface area contributed by atoms with Crippen LogP contribution >= 0.6 is 0 Å². The first-order valence-electron chi connectivity index (χ1n) is 7.28. The Kier molecular flexibility index (Phi) is 3.91. The molecule has 0 saturated heterocycles. The molecule has 1 aliphatic heterocycles. The Hall–Kier alpha value is -2.29. The number of carbonyl (C=O) groups excluding carboxylic acids is 1. The van der Waals surface area contributed by atoms with Gasteiger partial charge in [-0.25, -0.2) is 0 Å². The van der Waals surface area contributed by atoms with Crippen LogP contribution in [0.3, 0.4) is 0 Å². The number of para-hydroxylation sites is 1. The van der Waals surface area contributed by atoms with Crippen molar-refractivity contribution in [1.82, 2.24) is 5.32 Å². The van der Waals surface area contributed by atoms with E-state index in [9.17, 15) is 4.79 Å². The zero-order valence-electron chi connectivity index (χ0n) is 12.1. The summed E-state index contributed by atoms with van der Waals surface area (Å²) in [6, 6.07) is 15.7. The molecule has 0 fully saturated rings. The highest BCUT2D eigenvalue weighted by Crippen LogP contribution is 2.26. The maximum absolute atomic E-state index is 12.2. The van der Waals surface area contributed by atoms with Crippen molar-refractivity contribution in [2.45, 2.75) is 13.3 Å². The first-order valence-corrected chi connectivity index (χ1v) is 7.28. The Bertz CT molecular complexity index is 651. The van der Waals surface area contributed by atoms with E-state index in [0.29, 0.717) is 19.1 Å². The molecule has 1 atom stereocenters. The molecule has 3 heteroatoms. The number of nitrogens with one attached hydrogen (secondary N) is 1. The van der Waals surface area contributed by atoms with Crippen LogP contribution in [0, 0.1) is 12.8 Å². The molecule has 1 N–H and O–H groups in total. The molecule has 1 aliphatic rings. The van der Waals surface area contributed by atoms with Gasteiger partial charge in [0.25, 0.3) is 5.91 Å². The number of fused-ring (bicyclic) bond motifs is 1. The van der Waals surface area contributed by atoms with Crippen molar-refractivity contribution in [2.75, 3.05) is 13.2 Å². The van der Waals surface area contributed by atoms with Gasteiger partial charge in [0.05, 0.1) is 6.61 Å². The van der Waals surface area contributed by atoms with Gasteiger partial charge in [0.15, 0.2) is 0 Å². The smallest absolute Gasteiger partial charge is 0.251 e. The third-order valence-corrected chi connectivity index (χ3v) is 3.90. The van der Waals surface area contributed by atoms with Crippen molar-refractivity contribution < 1.29 is 9.53 Å². The molecule has 0 saturated carbocycles. The minimum Gasteiger partial charge on any atom is -0.493 e. The van der Waals surface area contributed by atoms with E-state index < -0.39 is 0 Å². The number of hydrogen-bond acceptors (Lipinski definition) is 2. The van der Waals surface area contributed by atoms with Crippen LogP contribution in [0.5, 0.6) is 5.75 Å². The molecule has 2 aromatic carbocycles. The van der Waals surface area contributed by atoms with E-state index in [1.807, 2.05) is 49.4 Å². The summed E-state index contributed by atoms with van der Waals surface area (Å²) in [7, 11) is 0. The van der Waals surface area contributed by atoms with Crippen LogP contribution in [0.15, 0.2) is 48.5 Å².